The van der Waals surface area contributed by atoms with Gasteiger partial charge in [0, 0.05) is 19.5 Å². The van der Waals surface area contributed by atoms with Gasteiger partial charge in [0.1, 0.15) is 5.82 Å². The van der Waals surface area contributed by atoms with Crippen LogP contribution in [0, 0.1) is 11.7 Å². The summed E-state index contributed by atoms with van der Waals surface area (Å²) in [4.78, 5) is 25.6. The van der Waals surface area contributed by atoms with Gasteiger partial charge in [-0.2, -0.15) is 13.2 Å². The summed E-state index contributed by atoms with van der Waals surface area (Å²) in [6.07, 6.45) is -4.49. The van der Waals surface area contributed by atoms with Crippen molar-refractivity contribution in [3.63, 3.8) is 0 Å². The first-order chi connectivity index (χ1) is 13.3. The number of para-hydroxylation sites is 1. The number of hydrogen-bond acceptors (Lipinski definition) is 2. The lowest BCUT2D eigenvalue weighted by molar-refractivity contribution is -0.137. The lowest BCUT2D eigenvalue weighted by Gasteiger charge is -2.21. The van der Waals surface area contributed by atoms with E-state index in [1.165, 1.54) is 24.3 Å². The normalized spacial score (nSPS) is 17.1. The molecular weight excluding hydrogens is 376 g/mol. The van der Waals surface area contributed by atoms with E-state index in [0.717, 1.165) is 11.0 Å². The summed E-state index contributed by atoms with van der Waals surface area (Å²) in [6.45, 7) is 0.0427. The van der Waals surface area contributed by atoms with Crippen LogP contribution in [0.15, 0.2) is 48.5 Å². The Morgan fingerprint density at radius 2 is 1.79 bits per heavy atom. The summed E-state index contributed by atoms with van der Waals surface area (Å²) in [7, 11) is 0. The second-order valence-electron chi connectivity index (χ2n) is 6.55. The molecule has 1 heterocycles. The highest BCUT2D eigenvalue weighted by Gasteiger charge is 2.40. The number of benzene rings is 2. The minimum atomic E-state index is -4.60. The molecule has 1 aliphatic rings. The molecule has 1 unspecified atom stereocenters. The molecule has 1 fully saturated rings. The SMILES string of the molecule is O=C(NCCc1ccccc1F)C1CC(=O)N(c2ccccc2C(F)(F)F)C1. The number of rotatable bonds is 5. The van der Waals surface area contributed by atoms with Crippen LogP contribution in [-0.2, 0) is 22.2 Å². The zero-order valence-electron chi connectivity index (χ0n) is 14.8. The maximum Gasteiger partial charge on any atom is 0.418 e. The number of halogens is 4. The molecule has 1 saturated heterocycles. The Labute approximate surface area is 159 Å². The molecule has 8 heteroatoms. The molecule has 2 aromatic carbocycles. The molecule has 1 aliphatic heterocycles. The van der Waals surface area contributed by atoms with E-state index in [1.807, 2.05) is 0 Å². The number of carbonyl (C=O) groups is 2. The van der Waals surface area contributed by atoms with Crippen molar-refractivity contribution in [2.75, 3.05) is 18.0 Å². The third-order valence-electron chi connectivity index (χ3n) is 4.65. The van der Waals surface area contributed by atoms with Gasteiger partial charge in [0.25, 0.3) is 0 Å². The fraction of sp³-hybridized carbons (Fsp3) is 0.300. The van der Waals surface area contributed by atoms with E-state index in [0.29, 0.717) is 5.56 Å². The van der Waals surface area contributed by atoms with Crippen LogP contribution in [0.5, 0.6) is 0 Å². The zero-order valence-corrected chi connectivity index (χ0v) is 14.8. The number of hydrogen-bond donors (Lipinski definition) is 1. The number of amides is 2. The van der Waals surface area contributed by atoms with Crippen LogP contribution in [0.3, 0.4) is 0 Å². The summed E-state index contributed by atoms with van der Waals surface area (Å²) in [5, 5.41) is 2.63. The average Bonchev–Trinajstić information content (AvgIpc) is 3.04. The summed E-state index contributed by atoms with van der Waals surface area (Å²) < 4.78 is 53.2. The number of nitrogens with one attached hydrogen (secondary N) is 1. The summed E-state index contributed by atoms with van der Waals surface area (Å²) in [5.74, 6) is -2.10. The lowest BCUT2D eigenvalue weighted by Crippen LogP contribution is -2.34. The second kappa shape index (κ2) is 8.00. The summed E-state index contributed by atoms with van der Waals surface area (Å²) >= 11 is 0. The van der Waals surface area contributed by atoms with Crippen molar-refractivity contribution in [2.45, 2.75) is 19.0 Å². The highest BCUT2D eigenvalue weighted by molar-refractivity contribution is 6.00. The van der Waals surface area contributed by atoms with Crippen molar-refractivity contribution in [1.82, 2.24) is 5.32 Å². The minimum absolute atomic E-state index is 0.128. The van der Waals surface area contributed by atoms with Crippen LogP contribution in [0.4, 0.5) is 23.2 Å². The van der Waals surface area contributed by atoms with Crippen LogP contribution >= 0.6 is 0 Å². The molecule has 1 N–H and O–H groups in total. The average molecular weight is 394 g/mol. The van der Waals surface area contributed by atoms with Crippen molar-refractivity contribution >= 4 is 17.5 Å². The quantitative estimate of drug-likeness (QED) is 0.789. The predicted octanol–water partition coefficient (Wildman–Crippen LogP) is 3.56. The molecular formula is C20H18F4N2O2. The van der Waals surface area contributed by atoms with Crippen molar-refractivity contribution < 1.29 is 27.2 Å². The van der Waals surface area contributed by atoms with Gasteiger partial charge in [-0.3, -0.25) is 9.59 Å². The van der Waals surface area contributed by atoms with Gasteiger partial charge in [-0.05, 0) is 30.2 Å². The van der Waals surface area contributed by atoms with Crippen LogP contribution in [-0.4, -0.2) is 24.9 Å². The van der Waals surface area contributed by atoms with Crippen LogP contribution in [0.2, 0.25) is 0 Å². The van der Waals surface area contributed by atoms with Gasteiger partial charge in [-0.25, -0.2) is 4.39 Å². The van der Waals surface area contributed by atoms with Crippen LogP contribution in [0.1, 0.15) is 17.5 Å². The molecule has 0 spiro atoms. The van der Waals surface area contributed by atoms with Gasteiger partial charge >= 0.3 is 6.18 Å². The molecule has 148 valence electrons. The number of nitrogens with zero attached hydrogens (tertiary/aromatic N) is 1. The molecule has 28 heavy (non-hydrogen) atoms. The van der Waals surface area contributed by atoms with Gasteiger partial charge in [-0.1, -0.05) is 30.3 Å². The lowest BCUT2D eigenvalue weighted by atomic mass is 10.1. The fourth-order valence-electron chi connectivity index (χ4n) is 3.23. The molecule has 2 amide bonds. The molecule has 0 aliphatic carbocycles. The number of anilines is 1. The van der Waals surface area contributed by atoms with E-state index in [2.05, 4.69) is 5.32 Å². The Bertz CT molecular complexity index is 883. The van der Waals surface area contributed by atoms with E-state index >= 15 is 0 Å². The van der Waals surface area contributed by atoms with Crippen molar-refractivity contribution in [1.29, 1.82) is 0 Å². The highest BCUT2D eigenvalue weighted by atomic mass is 19.4. The Morgan fingerprint density at radius 3 is 2.50 bits per heavy atom. The summed E-state index contributed by atoms with van der Waals surface area (Å²) in [5.41, 5.74) is -0.711. The van der Waals surface area contributed by atoms with Gasteiger partial charge in [0.2, 0.25) is 11.8 Å². The molecule has 2 aromatic rings. The first-order valence-corrected chi connectivity index (χ1v) is 8.75. The van der Waals surface area contributed by atoms with E-state index in [1.54, 1.807) is 18.2 Å². The van der Waals surface area contributed by atoms with E-state index < -0.39 is 29.5 Å². The minimum Gasteiger partial charge on any atom is -0.355 e. The molecule has 3 rings (SSSR count). The molecule has 0 radical (unpaired) electrons. The number of alkyl halides is 3. The van der Waals surface area contributed by atoms with Gasteiger partial charge in [0.05, 0.1) is 17.2 Å². The maximum absolute atomic E-state index is 13.6. The Hall–Kier alpha value is -2.90. The van der Waals surface area contributed by atoms with Gasteiger partial charge in [0.15, 0.2) is 0 Å². The Balaban J connectivity index is 1.63. The van der Waals surface area contributed by atoms with Crippen molar-refractivity contribution in [2.24, 2.45) is 5.92 Å². The Kier molecular flexibility index (Phi) is 5.67. The zero-order chi connectivity index (χ0) is 20.3. The van der Waals surface area contributed by atoms with E-state index in [9.17, 15) is 27.2 Å². The van der Waals surface area contributed by atoms with Crippen molar-refractivity contribution in [3.05, 3.63) is 65.5 Å². The predicted molar refractivity (Wildman–Crippen MR) is 95.0 cm³/mol. The third-order valence-corrected chi connectivity index (χ3v) is 4.65. The molecule has 4 nitrogen and oxygen atoms in total. The Morgan fingerprint density at radius 1 is 1.11 bits per heavy atom. The number of carbonyl (C=O) groups excluding carboxylic acids is 2. The molecule has 0 saturated carbocycles. The second-order valence-corrected chi connectivity index (χ2v) is 6.55. The largest absolute Gasteiger partial charge is 0.418 e. The molecule has 0 bridgehead atoms. The first-order valence-electron chi connectivity index (χ1n) is 8.75. The van der Waals surface area contributed by atoms with E-state index in [4.69, 9.17) is 0 Å². The van der Waals surface area contributed by atoms with Crippen LogP contribution in [0.25, 0.3) is 0 Å². The van der Waals surface area contributed by atoms with E-state index in [-0.39, 0.29) is 37.4 Å². The monoisotopic (exact) mass is 394 g/mol. The smallest absolute Gasteiger partial charge is 0.355 e. The topological polar surface area (TPSA) is 49.4 Å². The van der Waals surface area contributed by atoms with Gasteiger partial charge < -0.3 is 10.2 Å². The summed E-state index contributed by atoms with van der Waals surface area (Å²) in [6, 6.07) is 11.0. The fourth-order valence-corrected chi connectivity index (χ4v) is 3.23. The van der Waals surface area contributed by atoms with Gasteiger partial charge in [-0.15, -0.1) is 0 Å². The molecule has 1 atom stereocenters. The van der Waals surface area contributed by atoms with Crippen LogP contribution < -0.4 is 10.2 Å². The third kappa shape index (κ3) is 4.32. The highest BCUT2D eigenvalue weighted by Crippen LogP contribution is 2.38. The standard InChI is InChI=1S/C20H18F4N2O2/c21-16-7-3-1-5-13(16)9-10-25-19(28)14-11-18(27)26(12-14)17-8-4-2-6-15(17)20(22,23)24/h1-8,14H,9-12H2,(H,25,28). The van der Waals surface area contributed by atoms with Crippen molar-refractivity contribution in [3.8, 4) is 0 Å². The first kappa shape index (κ1) is 19.9. The molecule has 0 aromatic heterocycles. The maximum atomic E-state index is 13.6.